The van der Waals surface area contributed by atoms with E-state index in [1.54, 1.807) is 13.8 Å². The van der Waals surface area contributed by atoms with Crippen LogP contribution < -0.4 is 0 Å². The molecular formula is C19H26O5. The Hall–Kier alpha value is -1.88. The number of esters is 2. The van der Waals surface area contributed by atoms with Crippen LogP contribution in [0.2, 0.25) is 0 Å². The highest BCUT2D eigenvalue weighted by molar-refractivity contribution is 5.86. The number of carbonyl (C=O) groups is 2. The smallest absolute Gasteiger partial charge is 0.350 e. The quantitative estimate of drug-likeness (QED) is 0.775. The van der Waals surface area contributed by atoms with Crippen LogP contribution >= 0.6 is 0 Å². The van der Waals surface area contributed by atoms with Crippen molar-refractivity contribution in [3.05, 3.63) is 34.9 Å². The molecule has 0 aromatic heterocycles. The lowest BCUT2D eigenvalue weighted by Crippen LogP contribution is -2.49. The fraction of sp³-hybridized carbons (Fsp3) is 0.579. The predicted octanol–water partition coefficient (Wildman–Crippen LogP) is 3.06. The zero-order valence-corrected chi connectivity index (χ0v) is 14.9. The van der Waals surface area contributed by atoms with E-state index in [0.29, 0.717) is 26.1 Å². The lowest BCUT2D eigenvalue weighted by atomic mass is 9.92. The Morgan fingerprint density at radius 1 is 1.25 bits per heavy atom. The van der Waals surface area contributed by atoms with E-state index >= 15 is 0 Å². The molecule has 24 heavy (non-hydrogen) atoms. The molecule has 0 aliphatic carbocycles. The molecule has 1 aliphatic rings. The monoisotopic (exact) mass is 334 g/mol. The zero-order valence-electron chi connectivity index (χ0n) is 14.9. The lowest BCUT2D eigenvalue weighted by molar-refractivity contribution is -0.193. The SMILES string of the molecule is CCOC(=O)C1(OC(=O)C(C)c2ccc(C)cc2C)CCOCC1. The number of aryl methyl sites for hydroxylation is 2. The Morgan fingerprint density at radius 2 is 1.92 bits per heavy atom. The van der Waals surface area contributed by atoms with E-state index in [-0.39, 0.29) is 6.61 Å². The van der Waals surface area contributed by atoms with Crippen LogP contribution in [0, 0.1) is 13.8 Å². The molecule has 0 amide bonds. The van der Waals surface area contributed by atoms with Crippen LogP contribution in [0.1, 0.15) is 49.3 Å². The summed E-state index contributed by atoms with van der Waals surface area (Å²) in [5, 5.41) is 0. The molecule has 0 saturated carbocycles. The Bertz CT molecular complexity index is 602. The summed E-state index contributed by atoms with van der Waals surface area (Å²) in [6.07, 6.45) is 0.661. The van der Waals surface area contributed by atoms with Gasteiger partial charge in [-0.3, -0.25) is 4.79 Å². The molecule has 2 rings (SSSR count). The first-order chi connectivity index (χ1) is 11.4. The summed E-state index contributed by atoms with van der Waals surface area (Å²) in [7, 11) is 0. The average Bonchev–Trinajstić information content (AvgIpc) is 2.55. The number of carbonyl (C=O) groups excluding carboxylic acids is 2. The maximum Gasteiger partial charge on any atom is 0.350 e. The second-order valence-corrected chi connectivity index (χ2v) is 6.33. The fourth-order valence-corrected chi connectivity index (χ4v) is 3.03. The predicted molar refractivity (Wildman–Crippen MR) is 89.8 cm³/mol. The van der Waals surface area contributed by atoms with Gasteiger partial charge in [-0.05, 0) is 38.8 Å². The van der Waals surface area contributed by atoms with Crippen LogP contribution in [0.3, 0.4) is 0 Å². The summed E-state index contributed by atoms with van der Waals surface area (Å²) >= 11 is 0. The third-order valence-corrected chi connectivity index (χ3v) is 4.49. The highest BCUT2D eigenvalue weighted by atomic mass is 16.6. The van der Waals surface area contributed by atoms with Crippen molar-refractivity contribution in [2.45, 2.75) is 52.1 Å². The topological polar surface area (TPSA) is 61.8 Å². The van der Waals surface area contributed by atoms with Crippen LogP contribution in [-0.2, 0) is 23.8 Å². The Balaban J connectivity index is 2.19. The highest BCUT2D eigenvalue weighted by Gasteiger charge is 2.46. The first-order valence-corrected chi connectivity index (χ1v) is 8.44. The molecule has 0 bridgehead atoms. The molecular weight excluding hydrogens is 308 g/mol. The van der Waals surface area contributed by atoms with Crippen molar-refractivity contribution < 1.29 is 23.8 Å². The zero-order chi connectivity index (χ0) is 17.7. The maximum atomic E-state index is 12.7. The minimum absolute atomic E-state index is 0.256. The van der Waals surface area contributed by atoms with Crippen molar-refractivity contribution >= 4 is 11.9 Å². The number of rotatable bonds is 5. The van der Waals surface area contributed by atoms with Gasteiger partial charge in [0, 0.05) is 12.8 Å². The molecule has 0 radical (unpaired) electrons. The van der Waals surface area contributed by atoms with Crippen LogP contribution in [-0.4, -0.2) is 37.4 Å². The molecule has 5 nitrogen and oxygen atoms in total. The number of hydrogen-bond acceptors (Lipinski definition) is 5. The van der Waals surface area contributed by atoms with Gasteiger partial charge in [-0.25, -0.2) is 4.79 Å². The average molecular weight is 334 g/mol. The third-order valence-electron chi connectivity index (χ3n) is 4.49. The number of ether oxygens (including phenoxy) is 3. The third kappa shape index (κ3) is 3.96. The molecule has 0 spiro atoms. The van der Waals surface area contributed by atoms with Crippen molar-refractivity contribution in [1.82, 2.24) is 0 Å². The van der Waals surface area contributed by atoms with E-state index in [4.69, 9.17) is 14.2 Å². The maximum absolute atomic E-state index is 12.7. The molecule has 1 atom stereocenters. The summed E-state index contributed by atoms with van der Waals surface area (Å²) in [5.74, 6) is -1.33. The summed E-state index contributed by atoms with van der Waals surface area (Å²) in [4.78, 5) is 25.1. The fourth-order valence-electron chi connectivity index (χ4n) is 3.03. The van der Waals surface area contributed by atoms with Gasteiger partial charge in [0.2, 0.25) is 5.60 Å². The largest absolute Gasteiger partial charge is 0.463 e. The van der Waals surface area contributed by atoms with E-state index in [1.165, 1.54) is 0 Å². The van der Waals surface area contributed by atoms with Crippen LogP contribution in [0.25, 0.3) is 0 Å². The molecule has 1 aliphatic heterocycles. The van der Waals surface area contributed by atoms with Crippen molar-refractivity contribution in [3.63, 3.8) is 0 Å². The Morgan fingerprint density at radius 3 is 2.50 bits per heavy atom. The second-order valence-electron chi connectivity index (χ2n) is 6.33. The van der Waals surface area contributed by atoms with Gasteiger partial charge in [0.25, 0.3) is 0 Å². The van der Waals surface area contributed by atoms with E-state index in [9.17, 15) is 9.59 Å². The second kappa shape index (κ2) is 7.79. The molecule has 1 fully saturated rings. The molecule has 1 saturated heterocycles. The lowest BCUT2D eigenvalue weighted by Gasteiger charge is -2.35. The van der Waals surface area contributed by atoms with Gasteiger partial charge >= 0.3 is 11.9 Å². The van der Waals surface area contributed by atoms with Crippen molar-refractivity contribution in [2.75, 3.05) is 19.8 Å². The van der Waals surface area contributed by atoms with Gasteiger partial charge in [-0.2, -0.15) is 0 Å². The Kier molecular flexibility index (Phi) is 5.99. The van der Waals surface area contributed by atoms with E-state index < -0.39 is 23.5 Å². The minimum Gasteiger partial charge on any atom is -0.463 e. The van der Waals surface area contributed by atoms with E-state index in [1.807, 2.05) is 32.0 Å². The first-order valence-electron chi connectivity index (χ1n) is 8.44. The van der Waals surface area contributed by atoms with Crippen LogP contribution in [0.15, 0.2) is 18.2 Å². The first kappa shape index (κ1) is 18.5. The normalized spacial score (nSPS) is 17.8. The molecule has 132 valence electrons. The van der Waals surface area contributed by atoms with Crippen LogP contribution in [0.5, 0.6) is 0 Å². The van der Waals surface area contributed by atoms with Gasteiger partial charge in [-0.15, -0.1) is 0 Å². The summed E-state index contributed by atoms with van der Waals surface area (Å²) < 4.78 is 16.2. The van der Waals surface area contributed by atoms with Crippen LogP contribution in [0.4, 0.5) is 0 Å². The minimum atomic E-state index is -1.22. The molecule has 0 N–H and O–H groups in total. The van der Waals surface area contributed by atoms with Gasteiger partial charge in [0.1, 0.15) is 0 Å². The van der Waals surface area contributed by atoms with E-state index in [2.05, 4.69) is 0 Å². The van der Waals surface area contributed by atoms with E-state index in [0.717, 1.165) is 16.7 Å². The molecule has 1 aromatic rings. The standard InChI is InChI=1S/C19H26O5/c1-5-23-18(21)19(8-10-22-11-9-19)24-17(20)15(4)16-7-6-13(2)12-14(16)3/h6-7,12,15H,5,8-11H2,1-4H3. The van der Waals surface area contributed by atoms with Crippen molar-refractivity contribution in [3.8, 4) is 0 Å². The highest BCUT2D eigenvalue weighted by Crippen LogP contribution is 2.30. The molecule has 1 heterocycles. The van der Waals surface area contributed by atoms with Crippen molar-refractivity contribution in [2.24, 2.45) is 0 Å². The van der Waals surface area contributed by atoms with Crippen molar-refractivity contribution in [1.29, 1.82) is 0 Å². The number of benzene rings is 1. The van der Waals surface area contributed by atoms with Gasteiger partial charge < -0.3 is 14.2 Å². The Labute approximate surface area is 143 Å². The molecule has 1 unspecified atom stereocenters. The summed E-state index contributed by atoms with van der Waals surface area (Å²) in [6.45, 7) is 8.54. The summed E-state index contributed by atoms with van der Waals surface area (Å²) in [6, 6.07) is 5.95. The van der Waals surface area contributed by atoms with Gasteiger partial charge in [0.15, 0.2) is 0 Å². The van der Waals surface area contributed by atoms with Gasteiger partial charge in [0.05, 0.1) is 25.7 Å². The molecule has 5 heteroatoms. The van der Waals surface area contributed by atoms with Gasteiger partial charge in [-0.1, -0.05) is 23.8 Å². The molecule has 1 aromatic carbocycles. The number of hydrogen-bond donors (Lipinski definition) is 0. The summed E-state index contributed by atoms with van der Waals surface area (Å²) in [5.41, 5.74) is 1.87.